The molecule has 0 atom stereocenters. The van der Waals surface area contributed by atoms with E-state index in [1.54, 1.807) is 0 Å². The molecule has 0 spiro atoms. The summed E-state index contributed by atoms with van der Waals surface area (Å²) < 4.78 is 1.44. The Morgan fingerprint density at radius 3 is 2.60 bits per heavy atom. The number of hydrogen-bond acceptors (Lipinski definition) is 7. The standard InChI is InChI=1S/C22H26N6O2/c29-12-11-28-15-23-20-14-17(5-6-18(20)22(28)30)26-7-9-27(10-8-26)21-13-16-3-1-2-4-19(16)24-25-21/h5-6,13-15,29H,1-4,7-12H2. The highest BCUT2D eigenvalue weighted by Crippen LogP contribution is 2.25. The summed E-state index contributed by atoms with van der Waals surface area (Å²) in [5.74, 6) is 0.986. The van der Waals surface area contributed by atoms with E-state index in [-0.39, 0.29) is 18.7 Å². The number of aromatic nitrogens is 4. The SMILES string of the molecule is O=c1c2ccc(N3CCN(c4cc5c(nn4)CCCC5)CC3)cc2ncn1CCO. The van der Waals surface area contributed by atoms with Crippen LogP contribution in [0.25, 0.3) is 10.9 Å². The Hall–Kier alpha value is -3.00. The summed E-state index contributed by atoms with van der Waals surface area (Å²) in [7, 11) is 0. The average Bonchev–Trinajstić information content (AvgIpc) is 2.80. The van der Waals surface area contributed by atoms with Gasteiger partial charge in [-0.1, -0.05) is 0 Å². The first kappa shape index (κ1) is 19.0. The van der Waals surface area contributed by atoms with Gasteiger partial charge in [-0.3, -0.25) is 9.36 Å². The average molecular weight is 406 g/mol. The Bertz CT molecular complexity index is 1120. The molecule has 0 radical (unpaired) electrons. The molecule has 0 saturated carbocycles. The Morgan fingerprint density at radius 2 is 1.77 bits per heavy atom. The molecule has 5 rings (SSSR count). The first-order chi connectivity index (χ1) is 14.7. The molecule has 1 aliphatic carbocycles. The van der Waals surface area contributed by atoms with Gasteiger partial charge in [-0.15, -0.1) is 5.10 Å². The topological polar surface area (TPSA) is 87.4 Å². The van der Waals surface area contributed by atoms with E-state index < -0.39 is 0 Å². The Kier molecular flexibility index (Phi) is 5.08. The largest absolute Gasteiger partial charge is 0.395 e. The van der Waals surface area contributed by atoms with Gasteiger partial charge in [0.1, 0.15) is 0 Å². The van der Waals surface area contributed by atoms with Gasteiger partial charge in [-0.05, 0) is 55.5 Å². The number of nitrogens with zero attached hydrogens (tertiary/aromatic N) is 6. The van der Waals surface area contributed by atoms with E-state index in [2.05, 4.69) is 31.0 Å². The van der Waals surface area contributed by atoms with E-state index in [4.69, 9.17) is 5.11 Å². The van der Waals surface area contributed by atoms with Crippen LogP contribution < -0.4 is 15.4 Å². The van der Waals surface area contributed by atoms with Crippen LogP contribution in [0.4, 0.5) is 11.5 Å². The Balaban J connectivity index is 1.31. The lowest BCUT2D eigenvalue weighted by atomic mass is 9.97. The lowest BCUT2D eigenvalue weighted by Crippen LogP contribution is -2.47. The van der Waals surface area contributed by atoms with Gasteiger partial charge in [0.2, 0.25) is 0 Å². The third-order valence-electron chi connectivity index (χ3n) is 6.18. The van der Waals surface area contributed by atoms with Crippen molar-refractivity contribution in [1.29, 1.82) is 0 Å². The van der Waals surface area contributed by atoms with Crippen molar-refractivity contribution in [2.45, 2.75) is 32.2 Å². The zero-order chi connectivity index (χ0) is 20.5. The molecule has 8 heteroatoms. The maximum Gasteiger partial charge on any atom is 0.261 e. The number of fused-ring (bicyclic) bond motifs is 2. The second-order valence-electron chi connectivity index (χ2n) is 8.02. The second-order valence-corrected chi connectivity index (χ2v) is 8.02. The zero-order valence-corrected chi connectivity index (χ0v) is 17.0. The third-order valence-corrected chi connectivity index (χ3v) is 6.18. The van der Waals surface area contributed by atoms with Gasteiger partial charge < -0.3 is 14.9 Å². The van der Waals surface area contributed by atoms with Gasteiger partial charge >= 0.3 is 0 Å². The summed E-state index contributed by atoms with van der Waals surface area (Å²) in [6, 6.07) is 8.04. The van der Waals surface area contributed by atoms with Crippen LogP contribution in [0.1, 0.15) is 24.1 Å². The number of rotatable bonds is 4. The van der Waals surface area contributed by atoms with Crippen LogP contribution in [-0.4, -0.2) is 57.6 Å². The van der Waals surface area contributed by atoms with Crippen LogP contribution in [0.3, 0.4) is 0 Å². The van der Waals surface area contributed by atoms with Crippen LogP contribution >= 0.6 is 0 Å². The van der Waals surface area contributed by atoms with E-state index in [1.807, 2.05) is 18.2 Å². The van der Waals surface area contributed by atoms with Gasteiger partial charge in [0.05, 0.1) is 36.1 Å². The Morgan fingerprint density at radius 1 is 0.967 bits per heavy atom. The fourth-order valence-corrected chi connectivity index (χ4v) is 4.44. The molecule has 2 aromatic heterocycles. The number of aliphatic hydroxyl groups is 1. The molecular formula is C22H26N6O2. The molecule has 1 fully saturated rings. The monoisotopic (exact) mass is 406 g/mol. The summed E-state index contributed by atoms with van der Waals surface area (Å²) in [5.41, 5.74) is 4.18. The molecule has 2 aliphatic rings. The third kappa shape index (κ3) is 3.52. The normalized spacial score (nSPS) is 16.7. The first-order valence-electron chi connectivity index (χ1n) is 10.7. The fourth-order valence-electron chi connectivity index (χ4n) is 4.44. The van der Waals surface area contributed by atoms with E-state index in [0.29, 0.717) is 10.9 Å². The smallest absolute Gasteiger partial charge is 0.261 e. The van der Waals surface area contributed by atoms with Gasteiger partial charge in [-0.25, -0.2) is 4.98 Å². The molecule has 8 nitrogen and oxygen atoms in total. The first-order valence-corrected chi connectivity index (χ1v) is 10.7. The van der Waals surface area contributed by atoms with Crippen LogP contribution in [0.15, 0.2) is 35.4 Å². The van der Waals surface area contributed by atoms with Gasteiger partial charge in [0.25, 0.3) is 5.56 Å². The van der Waals surface area contributed by atoms with Crippen LogP contribution in [-0.2, 0) is 19.4 Å². The quantitative estimate of drug-likeness (QED) is 0.700. The van der Waals surface area contributed by atoms with E-state index in [1.165, 1.54) is 35.0 Å². The lowest BCUT2D eigenvalue weighted by molar-refractivity contribution is 0.274. The molecule has 156 valence electrons. The highest BCUT2D eigenvalue weighted by Gasteiger charge is 2.21. The minimum atomic E-state index is -0.114. The highest BCUT2D eigenvalue weighted by molar-refractivity contribution is 5.81. The molecule has 1 aromatic carbocycles. The molecule has 1 N–H and O–H groups in total. The Labute approximate surface area is 174 Å². The molecule has 3 aromatic rings. The highest BCUT2D eigenvalue weighted by atomic mass is 16.3. The lowest BCUT2D eigenvalue weighted by Gasteiger charge is -2.36. The van der Waals surface area contributed by atoms with Crippen molar-refractivity contribution < 1.29 is 5.11 Å². The number of hydrogen-bond donors (Lipinski definition) is 1. The summed E-state index contributed by atoms with van der Waals surface area (Å²) >= 11 is 0. The minimum Gasteiger partial charge on any atom is -0.395 e. The number of piperazine rings is 1. The van der Waals surface area contributed by atoms with E-state index in [9.17, 15) is 4.79 Å². The van der Waals surface area contributed by atoms with Crippen LogP contribution in [0, 0.1) is 0 Å². The number of benzene rings is 1. The van der Waals surface area contributed by atoms with Crippen molar-refractivity contribution in [3.63, 3.8) is 0 Å². The van der Waals surface area contributed by atoms with Crippen molar-refractivity contribution in [3.05, 3.63) is 52.2 Å². The van der Waals surface area contributed by atoms with E-state index in [0.717, 1.165) is 50.5 Å². The molecule has 0 amide bonds. The molecular weight excluding hydrogens is 380 g/mol. The van der Waals surface area contributed by atoms with E-state index >= 15 is 0 Å². The fraction of sp³-hybridized carbons (Fsp3) is 0.455. The van der Waals surface area contributed by atoms with Crippen molar-refractivity contribution in [2.75, 3.05) is 42.6 Å². The summed E-state index contributed by atoms with van der Waals surface area (Å²) in [5, 5.41) is 18.6. The van der Waals surface area contributed by atoms with Crippen molar-refractivity contribution in [3.8, 4) is 0 Å². The van der Waals surface area contributed by atoms with Crippen LogP contribution in [0.5, 0.6) is 0 Å². The number of aliphatic hydroxyl groups excluding tert-OH is 1. The molecule has 1 aliphatic heterocycles. The molecule has 3 heterocycles. The predicted molar refractivity (Wildman–Crippen MR) is 116 cm³/mol. The summed E-state index contributed by atoms with van der Waals surface area (Å²) in [6.07, 6.45) is 6.14. The summed E-state index contributed by atoms with van der Waals surface area (Å²) in [6.45, 7) is 3.72. The van der Waals surface area contributed by atoms with Crippen LogP contribution in [0.2, 0.25) is 0 Å². The zero-order valence-electron chi connectivity index (χ0n) is 17.0. The molecule has 1 saturated heterocycles. The number of anilines is 2. The second kappa shape index (κ2) is 8.02. The van der Waals surface area contributed by atoms with Gasteiger partial charge in [0, 0.05) is 31.9 Å². The molecule has 30 heavy (non-hydrogen) atoms. The predicted octanol–water partition coefficient (Wildman–Crippen LogP) is 1.38. The summed E-state index contributed by atoms with van der Waals surface area (Å²) in [4.78, 5) is 21.5. The number of aryl methyl sites for hydroxylation is 2. The minimum absolute atomic E-state index is 0.0793. The van der Waals surface area contributed by atoms with Crippen molar-refractivity contribution in [1.82, 2.24) is 19.7 Å². The van der Waals surface area contributed by atoms with Gasteiger partial charge in [-0.2, -0.15) is 5.10 Å². The maximum atomic E-state index is 12.5. The van der Waals surface area contributed by atoms with Crippen molar-refractivity contribution >= 4 is 22.4 Å². The maximum absolute atomic E-state index is 12.5. The van der Waals surface area contributed by atoms with Gasteiger partial charge in [0.15, 0.2) is 5.82 Å². The molecule has 0 bridgehead atoms. The molecule has 0 unspecified atom stereocenters. The van der Waals surface area contributed by atoms with Crippen molar-refractivity contribution in [2.24, 2.45) is 0 Å².